The Morgan fingerprint density at radius 3 is 2.87 bits per heavy atom. The van der Waals surface area contributed by atoms with E-state index in [4.69, 9.17) is 9.47 Å². The first-order valence-electron chi connectivity index (χ1n) is 7.55. The quantitative estimate of drug-likeness (QED) is 0.769. The molecule has 0 radical (unpaired) electrons. The molecule has 1 heterocycles. The molecule has 2 atom stereocenters. The van der Waals surface area contributed by atoms with Gasteiger partial charge < -0.3 is 20.1 Å². The van der Waals surface area contributed by atoms with Crippen molar-refractivity contribution in [2.75, 3.05) is 11.9 Å². The number of hydrogen-bond acceptors (Lipinski definition) is 5. The molecule has 7 heteroatoms. The van der Waals surface area contributed by atoms with E-state index in [1.165, 1.54) is 6.92 Å². The van der Waals surface area contributed by atoms with Crippen LogP contribution in [0.1, 0.15) is 26.7 Å². The highest BCUT2D eigenvalue weighted by Gasteiger charge is 2.31. The van der Waals surface area contributed by atoms with E-state index in [1.807, 2.05) is 6.92 Å². The van der Waals surface area contributed by atoms with Crippen molar-refractivity contribution in [1.82, 2.24) is 5.32 Å². The van der Waals surface area contributed by atoms with Gasteiger partial charge in [0, 0.05) is 6.54 Å². The molecule has 1 aliphatic rings. The predicted molar refractivity (Wildman–Crippen MR) is 83.0 cm³/mol. The molecule has 0 aromatic heterocycles. The zero-order valence-electron chi connectivity index (χ0n) is 13.1. The van der Waals surface area contributed by atoms with Crippen molar-refractivity contribution in [2.24, 2.45) is 0 Å². The van der Waals surface area contributed by atoms with Crippen LogP contribution in [0.15, 0.2) is 24.3 Å². The Kier molecular flexibility index (Phi) is 5.56. The lowest BCUT2D eigenvalue weighted by molar-refractivity contribution is -0.157. The molecular formula is C16H20N2O5. The summed E-state index contributed by atoms with van der Waals surface area (Å²) in [5, 5.41) is 5.30. The molecule has 0 fully saturated rings. The topological polar surface area (TPSA) is 93.7 Å². The van der Waals surface area contributed by atoms with Crippen molar-refractivity contribution in [3.05, 3.63) is 24.3 Å². The Morgan fingerprint density at radius 1 is 1.39 bits per heavy atom. The summed E-state index contributed by atoms with van der Waals surface area (Å²) >= 11 is 0. The van der Waals surface area contributed by atoms with Crippen LogP contribution in [0.5, 0.6) is 5.75 Å². The smallest absolute Gasteiger partial charge is 0.310 e. The normalized spacial score (nSPS) is 17.3. The summed E-state index contributed by atoms with van der Waals surface area (Å²) in [6, 6.07) is 6.95. The Balaban J connectivity index is 1.88. The van der Waals surface area contributed by atoms with Crippen LogP contribution >= 0.6 is 0 Å². The lowest BCUT2D eigenvalue weighted by Crippen LogP contribution is -2.41. The summed E-state index contributed by atoms with van der Waals surface area (Å²) in [7, 11) is 0. The van der Waals surface area contributed by atoms with Gasteiger partial charge in [0.25, 0.3) is 11.8 Å². The minimum absolute atomic E-state index is 0.258. The van der Waals surface area contributed by atoms with Gasteiger partial charge >= 0.3 is 5.97 Å². The van der Waals surface area contributed by atoms with Crippen LogP contribution in [0.3, 0.4) is 0 Å². The van der Waals surface area contributed by atoms with Gasteiger partial charge in [-0.25, -0.2) is 0 Å². The number of nitrogens with one attached hydrogen (secondary N) is 2. The summed E-state index contributed by atoms with van der Waals surface area (Å²) in [6.07, 6.45) is -1.34. The number of anilines is 1. The van der Waals surface area contributed by atoms with Gasteiger partial charge in [-0.05, 0) is 25.5 Å². The van der Waals surface area contributed by atoms with E-state index in [1.54, 1.807) is 24.3 Å². The molecule has 0 saturated carbocycles. The predicted octanol–water partition coefficient (Wildman–Crippen LogP) is 1.23. The van der Waals surface area contributed by atoms with Gasteiger partial charge in [0.15, 0.2) is 12.2 Å². The number of hydrogen-bond donors (Lipinski definition) is 2. The van der Waals surface area contributed by atoms with Crippen molar-refractivity contribution in [3.8, 4) is 5.75 Å². The third-order valence-corrected chi connectivity index (χ3v) is 3.29. The Labute approximate surface area is 134 Å². The molecule has 1 aromatic carbocycles. The standard InChI is InChI=1S/C16H20N2O5/c1-3-8-17-15(20)10(2)22-14(19)9-13-16(21)18-11-6-4-5-7-12(11)23-13/h4-7,10,13H,3,8-9H2,1-2H3,(H,17,20)(H,18,21)/t10-,13-/m1/s1. The van der Waals surface area contributed by atoms with Gasteiger partial charge in [0.05, 0.1) is 12.1 Å². The number of amides is 2. The van der Waals surface area contributed by atoms with E-state index >= 15 is 0 Å². The number of benzene rings is 1. The van der Waals surface area contributed by atoms with Crippen LogP contribution < -0.4 is 15.4 Å². The molecule has 7 nitrogen and oxygen atoms in total. The first-order chi connectivity index (χ1) is 11.0. The molecule has 2 rings (SSSR count). The average Bonchev–Trinajstić information content (AvgIpc) is 2.53. The number of esters is 1. The summed E-state index contributed by atoms with van der Waals surface area (Å²) in [4.78, 5) is 35.5. The molecule has 2 N–H and O–H groups in total. The summed E-state index contributed by atoms with van der Waals surface area (Å²) in [5.41, 5.74) is 0.564. The van der Waals surface area contributed by atoms with Crippen molar-refractivity contribution >= 4 is 23.5 Å². The first-order valence-corrected chi connectivity index (χ1v) is 7.55. The summed E-state index contributed by atoms with van der Waals surface area (Å²) < 4.78 is 10.5. The second kappa shape index (κ2) is 7.62. The van der Waals surface area contributed by atoms with E-state index in [0.29, 0.717) is 18.0 Å². The molecule has 0 aliphatic carbocycles. The Morgan fingerprint density at radius 2 is 2.13 bits per heavy atom. The number of carbonyl (C=O) groups excluding carboxylic acids is 3. The molecule has 1 aromatic rings. The van der Waals surface area contributed by atoms with E-state index in [0.717, 1.165) is 6.42 Å². The zero-order chi connectivity index (χ0) is 16.8. The molecule has 0 bridgehead atoms. The monoisotopic (exact) mass is 320 g/mol. The minimum Gasteiger partial charge on any atom is -0.478 e. The second-order valence-electron chi connectivity index (χ2n) is 5.22. The van der Waals surface area contributed by atoms with E-state index < -0.39 is 24.1 Å². The molecule has 0 spiro atoms. The van der Waals surface area contributed by atoms with Gasteiger partial charge in [-0.1, -0.05) is 19.1 Å². The Bertz CT molecular complexity index is 602. The van der Waals surface area contributed by atoms with Gasteiger partial charge in [-0.3, -0.25) is 14.4 Å². The third-order valence-electron chi connectivity index (χ3n) is 3.29. The maximum Gasteiger partial charge on any atom is 0.310 e. The number of para-hydroxylation sites is 2. The first kappa shape index (κ1) is 16.8. The van der Waals surface area contributed by atoms with Crippen LogP contribution in [0.25, 0.3) is 0 Å². The molecule has 124 valence electrons. The maximum atomic E-state index is 11.9. The van der Waals surface area contributed by atoms with Crippen molar-refractivity contribution in [3.63, 3.8) is 0 Å². The van der Waals surface area contributed by atoms with Crippen LogP contribution in [0, 0.1) is 0 Å². The van der Waals surface area contributed by atoms with Crippen LogP contribution in [-0.4, -0.2) is 36.5 Å². The fourth-order valence-electron chi connectivity index (χ4n) is 2.07. The van der Waals surface area contributed by atoms with Crippen LogP contribution in [-0.2, 0) is 19.1 Å². The molecule has 0 unspecified atom stereocenters. The number of rotatable bonds is 6. The maximum absolute atomic E-state index is 11.9. The van der Waals surface area contributed by atoms with Crippen molar-refractivity contribution in [2.45, 2.75) is 38.9 Å². The van der Waals surface area contributed by atoms with Crippen LogP contribution in [0.4, 0.5) is 5.69 Å². The van der Waals surface area contributed by atoms with E-state index in [2.05, 4.69) is 10.6 Å². The third kappa shape index (κ3) is 4.45. The van der Waals surface area contributed by atoms with E-state index in [-0.39, 0.29) is 12.3 Å². The van der Waals surface area contributed by atoms with Gasteiger partial charge in [-0.2, -0.15) is 0 Å². The van der Waals surface area contributed by atoms with E-state index in [9.17, 15) is 14.4 Å². The molecule has 23 heavy (non-hydrogen) atoms. The number of carbonyl (C=O) groups is 3. The van der Waals surface area contributed by atoms with Gasteiger partial charge in [0.2, 0.25) is 0 Å². The molecular weight excluding hydrogens is 300 g/mol. The van der Waals surface area contributed by atoms with Gasteiger partial charge in [-0.15, -0.1) is 0 Å². The highest BCUT2D eigenvalue weighted by atomic mass is 16.6. The summed E-state index contributed by atoms with van der Waals surface area (Å²) in [6.45, 7) is 3.93. The fraction of sp³-hybridized carbons (Fsp3) is 0.438. The highest BCUT2D eigenvalue weighted by molar-refractivity contribution is 5.99. The number of fused-ring (bicyclic) bond motifs is 1. The molecule has 2 amide bonds. The SMILES string of the molecule is CCCNC(=O)[C@@H](C)OC(=O)C[C@H]1Oc2ccccc2NC1=O. The molecule has 1 aliphatic heterocycles. The summed E-state index contributed by atoms with van der Waals surface area (Å²) in [5.74, 6) is -0.939. The van der Waals surface area contributed by atoms with Crippen molar-refractivity contribution in [1.29, 1.82) is 0 Å². The average molecular weight is 320 g/mol. The lowest BCUT2D eigenvalue weighted by Gasteiger charge is -2.25. The van der Waals surface area contributed by atoms with Gasteiger partial charge in [0.1, 0.15) is 5.75 Å². The number of ether oxygens (including phenoxy) is 2. The fourth-order valence-corrected chi connectivity index (χ4v) is 2.07. The molecule has 0 saturated heterocycles. The van der Waals surface area contributed by atoms with Crippen LogP contribution in [0.2, 0.25) is 0 Å². The second-order valence-corrected chi connectivity index (χ2v) is 5.22. The minimum atomic E-state index is -0.969. The lowest BCUT2D eigenvalue weighted by atomic mass is 10.1. The Hall–Kier alpha value is -2.57. The van der Waals surface area contributed by atoms with Crippen molar-refractivity contribution < 1.29 is 23.9 Å². The highest BCUT2D eigenvalue weighted by Crippen LogP contribution is 2.29. The largest absolute Gasteiger partial charge is 0.478 e. The zero-order valence-corrected chi connectivity index (χ0v) is 13.1.